The number of benzene rings is 3. The van der Waals surface area contributed by atoms with E-state index in [1.54, 1.807) is 0 Å². The first-order valence-electron chi connectivity index (χ1n) is 7.57. The maximum absolute atomic E-state index is 2.27. The van der Waals surface area contributed by atoms with Crippen LogP contribution < -0.4 is 0 Å². The van der Waals surface area contributed by atoms with Gasteiger partial charge in [0.05, 0.1) is 10.9 Å². The minimum absolute atomic E-state index is 0.203. The Morgan fingerprint density at radius 2 is 0.739 bits per heavy atom. The second kappa shape index (κ2) is 9.49. The van der Waals surface area contributed by atoms with Gasteiger partial charge in [0, 0.05) is 10.9 Å². The van der Waals surface area contributed by atoms with Crippen molar-refractivity contribution in [2.45, 2.75) is 14.7 Å². The van der Waals surface area contributed by atoms with Gasteiger partial charge in [-0.25, -0.2) is 0 Å². The Kier molecular flexibility index (Phi) is 7.31. The fourth-order valence-corrected chi connectivity index (χ4v) is 4.18. The Labute approximate surface area is 146 Å². The van der Waals surface area contributed by atoms with E-state index in [-0.39, 0.29) is 10.9 Å². The quantitative estimate of drug-likeness (QED) is 0.569. The number of rotatable bonds is 3. The van der Waals surface area contributed by atoms with Gasteiger partial charge in [0.1, 0.15) is 18.8 Å². The van der Waals surface area contributed by atoms with Crippen molar-refractivity contribution in [2.75, 3.05) is 18.8 Å². The molecular weight excluding hydrogens is 316 g/mol. The summed E-state index contributed by atoms with van der Waals surface area (Å²) in [6.45, 7) is 0. The topological polar surface area (TPSA) is 0 Å². The van der Waals surface area contributed by atoms with E-state index in [0.717, 1.165) is 0 Å². The zero-order valence-electron chi connectivity index (χ0n) is 14.0. The predicted octanol–water partition coefficient (Wildman–Crippen LogP) is 5.28. The SMILES string of the molecule is C[S+](C)c1ccccc1.C[S+](c1ccccc1)c1ccccc1. The first-order chi connectivity index (χ1) is 11.2. The molecule has 0 radical (unpaired) electrons. The van der Waals surface area contributed by atoms with Gasteiger partial charge in [-0.1, -0.05) is 54.6 Å². The van der Waals surface area contributed by atoms with Gasteiger partial charge in [-0.05, 0) is 36.4 Å². The molecule has 0 aromatic heterocycles. The van der Waals surface area contributed by atoms with Crippen LogP contribution in [-0.4, -0.2) is 18.8 Å². The van der Waals surface area contributed by atoms with Gasteiger partial charge in [0.15, 0.2) is 14.7 Å². The lowest BCUT2D eigenvalue weighted by Crippen LogP contribution is -1.99. The Hall–Kier alpha value is -1.64. The molecule has 0 aliphatic carbocycles. The molecule has 0 saturated carbocycles. The molecule has 0 fully saturated rings. The van der Waals surface area contributed by atoms with E-state index in [1.807, 2.05) is 0 Å². The molecule has 0 unspecified atom stereocenters. The minimum Gasteiger partial charge on any atom is -0.0619 e. The van der Waals surface area contributed by atoms with Crippen molar-refractivity contribution in [2.24, 2.45) is 0 Å². The molecule has 0 nitrogen and oxygen atoms in total. The molecule has 2 heteroatoms. The van der Waals surface area contributed by atoms with E-state index < -0.39 is 0 Å². The van der Waals surface area contributed by atoms with E-state index in [0.29, 0.717) is 10.9 Å². The standard InChI is InChI=1S/C13H13S.C8H11S/c1-14(12-8-4-2-5-9-12)13-10-6-3-7-11-13;1-9(2)8-6-4-3-5-7-8/h2-11H,1H3;3-7H,1-2H3/q2*+1. The molecular formula is C21H24S2+2. The second-order valence-electron chi connectivity index (χ2n) is 5.27. The zero-order chi connectivity index (χ0) is 16.5. The summed E-state index contributed by atoms with van der Waals surface area (Å²) in [5.74, 6) is 0. The average molecular weight is 341 g/mol. The minimum atomic E-state index is 0.203. The molecule has 0 atom stereocenters. The highest BCUT2D eigenvalue weighted by atomic mass is 32.2. The Morgan fingerprint density at radius 3 is 1.00 bits per heavy atom. The second-order valence-corrected chi connectivity index (χ2v) is 9.33. The van der Waals surface area contributed by atoms with Crippen molar-refractivity contribution >= 4 is 21.8 Å². The van der Waals surface area contributed by atoms with Crippen LogP contribution in [0.4, 0.5) is 0 Å². The third-order valence-corrected chi connectivity index (χ3v) is 6.58. The monoisotopic (exact) mass is 340 g/mol. The lowest BCUT2D eigenvalue weighted by molar-refractivity contribution is 1.38. The summed E-state index contributed by atoms with van der Waals surface area (Å²) >= 11 is 0. The van der Waals surface area contributed by atoms with Crippen molar-refractivity contribution in [3.8, 4) is 0 Å². The Morgan fingerprint density at radius 1 is 0.435 bits per heavy atom. The summed E-state index contributed by atoms with van der Waals surface area (Å²) in [6.07, 6.45) is 6.73. The van der Waals surface area contributed by atoms with Crippen LogP contribution >= 0.6 is 0 Å². The summed E-state index contributed by atoms with van der Waals surface area (Å²) in [7, 11) is 0.624. The lowest BCUT2D eigenvalue weighted by Gasteiger charge is -2.00. The maximum atomic E-state index is 2.27. The molecule has 0 heterocycles. The third-order valence-electron chi connectivity index (χ3n) is 3.41. The molecule has 0 amide bonds. The van der Waals surface area contributed by atoms with Crippen LogP contribution in [0, 0.1) is 0 Å². The van der Waals surface area contributed by atoms with Crippen molar-refractivity contribution < 1.29 is 0 Å². The van der Waals surface area contributed by atoms with Crippen LogP contribution in [0.15, 0.2) is 106 Å². The average Bonchev–Trinajstić information content (AvgIpc) is 2.64. The van der Waals surface area contributed by atoms with E-state index in [9.17, 15) is 0 Å². The highest BCUT2D eigenvalue weighted by Gasteiger charge is 2.17. The maximum Gasteiger partial charge on any atom is 0.160 e. The summed E-state index contributed by atoms with van der Waals surface area (Å²) in [5.41, 5.74) is 0. The van der Waals surface area contributed by atoms with E-state index in [4.69, 9.17) is 0 Å². The first-order valence-corrected chi connectivity index (χ1v) is 11.2. The van der Waals surface area contributed by atoms with Crippen LogP contribution in [0.2, 0.25) is 0 Å². The summed E-state index contributed by atoms with van der Waals surface area (Å²) < 4.78 is 0. The summed E-state index contributed by atoms with van der Waals surface area (Å²) in [6, 6.07) is 31.8. The van der Waals surface area contributed by atoms with Crippen LogP contribution in [0.3, 0.4) is 0 Å². The van der Waals surface area contributed by atoms with Crippen LogP contribution in [-0.2, 0) is 21.8 Å². The van der Waals surface area contributed by atoms with E-state index in [1.165, 1.54) is 14.7 Å². The van der Waals surface area contributed by atoms with E-state index in [2.05, 4.69) is 110 Å². The van der Waals surface area contributed by atoms with Gasteiger partial charge < -0.3 is 0 Å². The summed E-state index contributed by atoms with van der Waals surface area (Å²) in [4.78, 5) is 4.25. The van der Waals surface area contributed by atoms with E-state index >= 15 is 0 Å². The van der Waals surface area contributed by atoms with Gasteiger partial charge in [-0.15, -0.1) is 0 Å². The van der Waals surface area contributed by atoms with Gasteiger partial charge in [-0.2, -0.15) is 0 Å². The predicted molar refractivity (Wildman–Crippen MR) is 107 cm³/mol. The van der Waals surface area contributed by atoms with Gasteiger partial charge >= 0.3 is 0 Å². The van der Waals surface area contributed by atoms with Crippen molar-refractivity contribution in [3.63, 3.8) is 0 Å². The molecule has 0 aliphatic heterocycles. The normalized spacial score (nSPS) is 10.3. The van der Waals surface area contributed by atoms with Gasteiger partial charge in [0.2, 0.25) is 0 Å². The Balaban J connectivity index is 0.000000185. The number of hydrogen-bond acceptors (Lipinski definition) is 0. The highest BCUT2D eigenvalue weighted by Crippen LogP contribution is 2.19. The van der Waals surface area contributed by atoms with Crippen molar-refractivity contribution in [1.29, 1.82) is 0 Å². The van der Waals surface area contributed by atoms with Crippen LogP contribution in [0.1, 0.15) is 0 Å². The Bertz CT molecular complexity index is 624. The van der Waals surface area contributed by atoms with Crippen LogP contribution in [0.5, 0.6) is 0 Å². The molecule has 118 valence electrons. The molecule has 3 aromatic carbocycles. The van der Waals surface area contributed by atoms with Crippen molar-refractivity contribution in [1.82, 2.24) is 0 Å². The molecule has 3 rings (SSSR count). The third kappa shape index (κ3) is 5.81. The molecule has 3 aromatic rings. The van der Waals surface area contributed by atoms with Crippen LogP contribution in [0.25, 0.3) is 0 Å². The molecule has 23 heavy (non-hydrogen) atoms. The first kappa shape index (κ1) is 17.7. The molecule has 0 saturated heterocycles. The molecule has 0 spiro atoms. The molecule has 0 bridgehead atoms. The number of hydrogen-bond donors (Lipinski definition) is 0. The lowest BCUT2D eigenvalue weighted by atomic mass is 10.4. The van der Waals surface area contributed by atoms with Gasteiger partial charge in [0.25, 0.3) is 0 Å². The smallest absolute Gasteiger partial charge is 0.0619 e. The fourth-order valence-electron chi connectivity index (χ4n) is 2.08. The van der Waals surface area contributed by atoms with Gasteiger partial charge in [-0.3, -0.25) is 0 Å². The largest absolute Gasteiger partial charge is 0.160 e. The highest BCUT2D eigenvalue weighted by molar-refractivity contribution is 7.96. The molecule has 0 aliphatic rings. The molecule has 0 N–H and O–H groups in total. The van der Waals surface area contributed by atoms with Crippen molar-refractivity contribution in [3.05, 3.63) is 91.0 Å². The summed E-state index contributed by atoms with van der Waals surface area (Å²) in [5, 5.41) is 0. The fraction of sp³-hybridized carbons (Fsp3) is 0.143. The zero-order valence-corrected chi connectivity index (χ0v) is 15.6.